The van der Waals surface area contributed by atoms with Crippen LogP contribution in [0.4, 0.5) is 0 Å². The average Bonchev–Trinajstić information content (AvgIpc) is 2.37. The zero-order chi connectivity index (χ0) is 12.2. The first kappa shape index (κ1) is 12.3. The van der Waals surface area contributed by atoms with Gasteiger partial charge in [0.1, 0.15) is 0 Å². The average molecular weight is 247 g/mol. The molecule has 3 rings (SSSR count). The molecule has 0 spiro atoms. The van der Waals surface area contributed by atoms with Crippen molar-refractivity contribution in [2.45, 2.75) is 44.9 Å². The number of hydrogen-bond donors (Lipinski definition) is 1. The maximum Gasteiger partial charge on any atom is 0.0469 e. The molecule has 0 atom stereocenters. The van der Waals surface area contributed by atoms with Crippen molar-refractivity contribution in [2.24, 2.45) is 11.8 Å². The van der Waals surface area contributed by atoms with Crippen LogP contribution in [0.5, 0.6) is 0 Å². The van der Waals surface area contributed by atoms with E-state index in [1.165, 1.54) is 50.6 Å². The molecule has 2 aliphatic carbocycles. The second-order valence-electron chi connectivity index (χ2n) is 5.92. The Labute approximate surface area is 110 Å². The largest absolute Gasteiger partial charge is 0.385 e. The van der Waals surface area contributed by atoms with Crippen molar-refractivity contribution in [2.75, 3.05) is 19.8 Å². The van der Waals surface area contributed by atoms with Crippen molar-refractivity contribution in [1.82, 2.24) is 5.32 Å². The summed E-state index contributed by atoms with van der Waals surface area (Å²) in [5.41, 5.74) is 3.08. The van der Waals surface area contributed by atoms with E-state index in [-0.39, 0.29) is 0 Å². The molecular weight excluding hydrogens is 222 g/mol. The molecule has 100 valence electrons. The fourth-order valence-electron chi connectivity index (χ4n) is 3.18. The summed E-state index contributed by atoms with van der Waals surface area (Å²) in [6.07, 6.45) is 14.1. The lowest BCUT2D eigenvalue weighted by molar-refractivity contribution is 0.0670. The van der Waals surface area contributed by atoms with E-state index in [0.29, 0.717) is 0 Å². The Hall–Kier alpha value is -0.760. The van der Waals surface area contributed by atoms with Gasteiger partial charge in [0.15, 0.2) is 0 Å². The lowest BCUT2D eigenvalue weighted by atomic mass is 9.76. The third-order valence-corrected chi connectivity index (χ3v) is 4.66. The van der Waals surface area contributed by atoms with Gasteiger partial charge in [-0.15, -0.1) is 0 Å². The summed E-state index contributed by atoms with van der Waals surface area (Å²) >= 11 is 0. The van der Waals surface area contributed by atoms with Gasteiger partial charge in [-0.25, -0.2) is 0 Å². The molecule has 0 amide bonds. The van der Waals surface area contributed by atoms with Gasteiger partial charge >= 0.3 is 0 Å². The summed E-state index contributed by atoms with van der Waals surface area (Å²) in [6, 6.07) is 0. The van der Waals surface area contributed by atoms with Gasteiger partial charge in [0.25, 0.3) is 0 Å². The minimum absolute atomic E-state index is 0.809. The van der Waals surface area contributed by atoms with E-state index in [4.69, 9.17) is 4.74 Å². The Bertz CT molecular complexity index is 335. The highest BCUT2D eigenvalue weighted by atomic mass is 16.5. The maximum atomic E-state index is 5.42. The van der Waals surface area contributed by atoms with Crippen LogP contribution in [0, 0.1) is 11.8 Å². The van der Waals surface area contributed by atoms with Crippen molar-refractivity contribution in [3.8, 4) is 0 Å². The molecule has 3 aliphatic rings. The van der Waals surface area contributed by atoms with Crippen LogP contribution in [0.3, 0.4) is 0 Å². The summed E-state index contributed by atoms with van der Waals surface area (Å²) < 4.78 is 5.42. The molecule has 0 aromatic rings. The van der Waals surface area contributed by atoms with Gasteiger partial charge in [0.05, 0.1) is 0 Å². The SMILES string of the molecule is C1=C(NCC2CCOCC2)C(C2CCC2)=CCC1. The van der Waals surface area contributed by atoms with Crippen molar-refractivity contribution >= 4 is 0 Å². The van der Waals surface area contributed by atoms with Gasteiger partial charge in [0.2, 0.25) is 0 Å². The molecule has 2 fully saturated rings. The zero-order valence-electron chi connectivity index (χ0n) is 11.3. The third-order valence-electron chi connectivity index (χ3n) is 4.66. The predicted molar refractivity (Wildman–Crippen MR) is 74.3 cm³/mol. The highest BCUT2D eigenvalue weighted by molar-refractivity contribution is 5.35. The molecule has 1 N–H and O–H groups in total. The summed E-state index contributed by atoms with van der Waals surface area (Å²) in [5.74, 6) is 1.67. The quantitative estimate of drug-likeness (QED) is 0.822. The molecule has 0 bridgehead atoms. The first-order valence-electron chi connectivity index (χ1n) is 7.65. The van der Waals surface area contributed by atoms with Crippen LogP contribution < -0.4 is 5.32 Å². The molecule has 1 aliphatic heterocycles. The summed E-state index contributed by atoms with van der Waals surface area (Å²) in [4.78, 5) is 0. The van der Waals surface area contributed by atoms with Gasteiger partial charge in [-0.1, -0.05) is 18.6 Å². The van der Waals surface area contributed by atoms with E-state index in [0.717, 1.165) is 31.6 Å². The molecule has 1 saturated heterocycles. The van der Waals surface area contributed by atoms with E-state index >= 15 is 0 Å². The zero-order valence-corrected chi connectivity index (χ0v) is 11.3. The Balaban J connectivity index is 1.53. The van der Waals surface area contributed by atoms with E-state index in [1.807, 2.05) is 0 Å². The first-order chi connectivity index (χ1) is 8.93. The monoisotopic (exact) mass is 247 g/mol. The first-order valence-corrected chi connectivity index (χ1v) is 7.65. The maximum absolute atomic E-state index is 5.42. The second kappa shape index (κ2) is 5.92. The molecule has 18 heavy (non-hydrogen) atoms. The fourth-order valence-corrected chi connectivity index (χ4v) is 3.18. The van der Waals surface area contributed by atoms with Gasteiger partial charge in [0, 0.05) is 25.5 Å². The summed E-state index contributed by atoms with van der Waals surface area (Å²) in [6.45, 7) is 3.05. The Morgan fingerprint density at radius 1 is 1.06 bits per heavy atom. The smallest absolute Gasteiger partial charge is 0.0469 e. The van der Waals surface area contributed by atoms with E-state index in [1.54, 1.807) is 5.57 Å². The molecular formula is C16H25NO. The van der Waals surface area contributed by atoms with Gasteiger partial charge in [-0.2, -0.15) is 0 Å². The molecule has 1 saturated carbocycles. The lowest BCUT2D eigenvalue weighted by Gasteiger charge is -2.33. The topological polar surface area (TPSA) is 21.3 Å². The normalized spacial score (nSPS) is 26.2. The molecule has 0 aromatic heterocycles. The van der Waals surface area contributed by atoms with E-state index in [9.17, 15) is 0 Å². The molecule has 1 heterocycles. The number of rotatable bonds is 4. The highest BCUT2D eigenvalue weighted by Crippen LogP contribution is 2.37. The number of nitrogens with one attached hydrogen (secondary N) is 1. The van der Waals surface area contributed by atoms with Crippen LogP contribution >= 0.6 is 0 Å². The van der Waals surface area contributed by atoms with E-state index < -0.39 is 0 Å². The van der Waals surface area contributed by atoms with Crippen molar-refractivity contribution in [3.05, 3.63) is 23.4 Å². The molecule has 0 unspecified atom stereocenters. The van der Waals surface area contributed by atoms with Crippen molar-refractivity contribution in [1.29, 1.82) is 0 Å². The lowest BCUT2D eigenvalue weighted by Crippen LogP contribution is -2.30. The van der Waals surface area contributed by atoms with E-state index in [2.05, 4.69) is 17.5 Å². The van der Waals surface area contributed by atoms with Crippen LogP contribution in [0.25, 0.3) is 0 Å². The van der Waals surface area contributed by atoms with Crippen LogP contribution in [0.2, 0.25) is 0 Å². The summed E-state index contributed by atoms with van der Waals surface area (Å²) in [7, 11) is 0. The van der Waals surface area contributed by atoms with Gasteiger partial charge in [-0.05, 0) is 55.9 Å². The van der Waals surface area contributed by atoms with Crippen LogP contribution in [-0.4, -0.2) is 19.8 Å². The number of ether oxygens (including phenoxy) is 1. The number of hydrogen-bond acceptors (Lipinski definition) is 2. The van der Waals surface area contributed by atoms with Crippen molar-refractivity contribution in [3.63, 3.8) is 0 Å². The van der Waals surface area contributed by atoms with Crippen LogP contribution in [0.1, 0.15) is 44.9 Å². The Kier molecular flexibility index (Phi) is 4.04. The molecule has 0 radical (unpaired) electrons. The highest BCUT2D eigenvalue weighted by Gasteiger charge is 2.25. The summed E-state index contributed by atoms with van der Waals surface area (Å²) in [5, 5.41) is 3.73. The minimum atomic E-state index is 0.809. The van der Waals surface area contributed by atoms with Gasteiger partial charge in [-0.3, -0.25) is 0 Å². The van der Waals surface area contributed by atoms with Crippen molar-refractivity contribution < 1.29 is 4.74 Å². The van der Waals surface area contributed by atoms with Gasteiger partial charge < -0.3 is 10.1 Å². The Morgan fingerprint density at radius 3 is 2.56 bits per heavy atom. The molecule has 2 heteroatoms. The fraction of sp³-hybridized carbons (Fsp3) is 0.750. The van der Waals surface area contributed by atoms with Crippen LogP contribution in [-0.2, 0) is 4.74 Å². The molecule has 0 aromatic carbocycles. The number of allylic oxidation sites excluding steroid dienone is 3. The second-order valence-corrected chi connectivity index (χ2v) is 5.92. The molecule has 2 nitrogen and oxygen atoms in total. The third kappa shape index (κ3) is 2.80. The minimum Gasteiger partial charge on any atom is -0.385 e. The Morgan fingerprint density at radius 2 is 1.83 bits per heavy atom. The van der Waals surface area contributed by atoms with Crippen LogP contribution in [0.15, 0.2) is 23.4 Å². The predicted octanol–water partition coefficient (Wildman–Crippen LogP) is 3.41. The standard InChI is InChI=1S/C16H25NO/c1-2-7-16(15(6-1)14-4-3-5-14)17-12-13-8-10-18-11-9-13/h6-7,13-14,17H,1-5,8-12H2.